The topological polar surface area (TPSA) is 92.4 Å². The Morgan fingerprint density at radius 2 is 2.42 bits per heavy atom. The number of methoxy groups -OCH3 is 1. The zero-order valence-electron chi connectivity index (χ0n) is 13.2. The maximum Gasteiger partial charge on any atom is 0.318 e. The van der Waals surface area contributed by atoms with Gasteiger partial charge in [-0.2, -0.15) is 5.10 Å². The maximum absolute atomic E-state index is 12.4. The minimum atomic E-state index is -0.174. The number of carbonyl (C=O) groups is 1. The van der Waals surface area contributed by atoms with E-state index in [1.807, 2.05) is 18.2 Å². The lowest BCUT2D eigenvalue weighted by molar-refractivity contribution is 0.178. The number of amides is 2. The van der Waals surface area contributed by atoms with Crippen molar-refractivity contribution in [2.45, 2.75) is 19.7 Å². The number of benzene rings is 1. The van der Waals surface area contributed by atoms with Gasteiger partial charge in [0.1, 0.15) is 24.8 Å². The van der Waals surface area contributed by atoms with Crippen molar-refractivity contribution in [1.29, 1.82) is 0 Å². The number of urea groups is 1. The zero-order chi connectivity index (χ0) is 16.9. The number of aromatic nitrogens is 3. The summed E-state index contributed by atoms with van der Waals surface area (Å²) in [6.45, 7) is 2.05. The molecule has 0 saturated heterocycles. The van der Waals surface area contributed by atoms with Crippen LogP contribution in [0.5, 0.6) is 5.75 Å². The first-order chi connectivity index (χ1) is 11.7. The molecule has 0 spiro atoms. The van der Waals surface area contributed by atoms with E-state index in [0.29, 0.717) is 38.0 Å². The standard InChI is InChI=1S/C15H18BrN5O3/c1-23-9-14-18-13(19-20-14)7-17-15(22)21-5-6-24-12-4-2-3-11(16)10(12)8-21/h2-4H,5-9H2,1H3,(H,17,22)(H,18,19,20). The molecule has 1 aromatic heterocycles. The average molecular weight is 396 g/mol. The largest absolute Gasteiger partial charge is 0.491 e. The molecule has 1 aromatic carbocycles. The smallest absolute Gasteiger partial charge is 0.318 e. The molecule has 2 heterocycles. The molecule has 8 nitrogen and oxygen atoms in total. The van der Waals surface area contributed by atoms with E-state index >= 15 is 0 Å². The van der Waals surface area contributed by atoms with Gasteiger partial charge in [-0.15, -0.1) is 0 Å². The van der Waals surface area contributed by atoms with E-state index in [9.17, 15) is 4.79 Å². The van der Waals surface area contributed by atoms with Crippen molar-refractivity contribution in [2.75, 3.05) is 20.3 Å². The van der Waals surface area contributed by atoms with Gasteiger partial charge in [-0.1, -0.05) is 22.0 Å². The summed E-state index contributed by atoms with van der Waals surface area (Å²) in [6.07, 6.45) is 0. The summed E-state index contributed by atoms with van der Waals surface area (Å²) in [4.78, 5) is 18.4. The Bertz CT molecular complexity index is 721. The third-order valence-electron chi connectivity index (χ3n) is 3.59. The van der Waals surface area contributed by atoms with Crippen LogP contribution in [0.1, 0.15) is 17.2 Å². The van der Waals surface area contributed by atoms with Gasteiger partial charge in [0.05, 0.1) is 19.6 Å². The number of aromatic amines is 1. The van der Waals surface area contributed by atoms with Crippen molar-refractivity contribution < 1.29 is 14.3 Å². The number of fused-ring (bicyclic) bond motifs is 1. The summed E-state index contributed by atoms with van der Waals surface area (Å²) < 4.78 is 11.6. The molecule has 2 amide bonds. The second kappa shape index (κ2) is 7.63. The van der Waals surface area contributed by atoms with Crippen LogP contribution in [0, 0.1) is 0 Å². The number of halogens is 1. The summed E-state index contributed by atoms with van der Waals surface area (Å²) in [6, 6.07) is 5.59. The van der Waals surface area contributed by atoms with E-state index in [-0.39, 0.29) is 12.6 Å². The van der Waals surface area contributed by atoms with Gasteiger partial charge in [-0.25, -0.2) is 9.78 Å². The van der Waals surface area contributed by atoms with Gasteiger partial charge in [-0.05, 0) is 12.1 Å². The summed E-state index contributed by atoms with van der Waals surface area (Å²) in [7, 11) is 1.58. The molecule has 0 atom stereocenters. The van der Waals surface area contributed by atoms with Gasteiger partial charge < -0.3 is 19.7 Å². The van der Waals surface area contributed by atoms with Crippen LogP contribution in [-0.2, 0) is 24.4 Å². The van der Waals surface area contributed by atoms with Crippen LogP contribution in [0.3, 0.4) is 0 Å². The number of nitrogens with zero attached hydrogens (tertiary/aromatic N) is 3. The van der Waals surface area contributed by atoms with Gasteiger partial charge in [0.25, 0.3) is 0 Å². The van der Waals surface area contributed by atoms with E-state index in [1.54, 1.807) is 12.0 Å². The molecule has 3 rings (SSSR count). The third-order valence-corrected chi connectivity index (χ3v) is 4.33. The van der Waals surface area contributed by atoms with Crippen molar-refractivity contribution in [2.24, 2.45) is 0 Å². The molecular weight excluding hydrogens is 378 g/mol. The highest BCUT2D eigenvalue weighted by Crippen LogP contribution is 2.29. The van der Waals surface area contributed by atoms with Crippen LogP contribution in [0.25, 0.3) is 0 Å². The molecular formula is C15H18BrN5O3. The van der Waals surface area contributed by atoms with Gasteiger partial charge >= 0.3 is 6.03 Å². The first-order valence-corrected chi connectivity index (χ1v) is 8.28. The number of hydrogen-bond donors (Lipinski definition) is 2. The fraction of sp³-hybridized carbons (Fsp3) is 0.400. The lowest BCUT2D eigenvalue weighted by Crippen LogP contribution is -2.40. The maximum atomic E-state index is 12.4. The molecule has 0 bridgehead atoms. The Labute approximate surface area is 147 Å². The first-order valence-electron chi connectivity index (χ1n) is 7.49. The van der Waals surface area contributed by atoms with Crippen LogP contribution in [0.2, 0.25) is 0 Å². The number of hydrogen-bond acceptors (Lipinski definition) is 5. The molecule has 1 aliphatic rings. The normalized spacial score (nSPS) is 13.8. The highest BCUT2D eigenvalue weighted by atomic mass is 79.9. The molecule has 128 valence electrons. The van der Waals surface area contributed by atoms with Gasteiger partial charge in [0.2, 0.25) is 0 Å². The lowest BCUT2D eigenvalue weighted by Gasteiger charge is -2.20. The first kappa shape index (κ1) is 16.7. The fourth-order valence-corrected chi connectivity index (χ4v) is 2.89. The van der Waals surface area contributed by atoms with Gasteiger partial charge in [0.15, 0.2) is 5.82 Å². The molecule has 0 saturated carbocycles. The minimum absolute atomic E-state index is 0.174. The highest BCUT2D eigenvalue weighted by Gasteiger charge is 2.21. The van der Waals surface area contributed by atoms with E-state index in [4.69, 9.17) is 9.47 Å². The van der Waals surface area contributed by atoms with Crippen molar-refractivity contribution in [3.63, 3.8) is 0 Å². The molecule has 0 aliphatic carbocycles. The van der Waals surface area contributed by atoms with Crippen LogP contribution in [-0.4, -0.2) is 46.4 Å². The van der Waals surface area contributed by atoms with Crippen LogP contribution in [0.15, 0.2) is 22.7 Å². The predicted octanol–water partition coefficient (Wildman–Crippen LogP) is 1.82. The van der Waals surface area contributed by atoms with Gasteiger partial charge in [0, 0.05) is 17.1 Å². The number of carbonyl (C=O) groups excluding carboxylic acids is 1. The predicted molar refractivity (Wildman–Crippen MR) is 89.4 cm³/mol. The van der Waals surface area contributed by atoms with E-state index < -0.39 is 0 Å². The number of nitrogens with one attached hydrogen (secondary N) is 2. The number of H-pyrrole nitrogens is 1. The quantitative estimate of drug-likeness (QED) is 0.823. The van der Waals surface area contributed by atoms with E-state index in [1.165, 1.54) is 0 Å². The molecule has 0 fully saturated rings. The van der Waals surface area contributed by atoms with E-state index in [2.05, 4.69) is 36.4 Å². The average Bonchev–Trinajstić information content (AvgIpc) is 2.89. The molecule has 0 unspecified atom stereocenters. The van der Waals surface area contributed by atoms with E-state index in [0.717, 1.165) is 15.8 Å². The lowest BCUT2D eigenvalue weighted by atomic mass is 10.2. The molecule has 0 radical (unpaired) electrons. The van der Waals surface area contributed by atoms with Crippen LogP contribution < -0.4 is 10.1 Å². The SMILES string of the molecule is COCc1n[nH]c(CNC(=O)N2CCOc3cccc(Br)c3C2)n1. The molecule has 2 N–H and O–H groups in total. The minimum Gasteiger partial charge on any atom is -0.491 e. The van der Waals surface area contributed by atoms with Crippen molar-refractivity contribution in [1.82, 2.24) is 25.4 Å². The highest BCUT2D eigenvalue weighted by molar-refractivity contribution is 9.10. The zero-order valence-corrected chi connectivity index (χ0v) is 14.8. The monoisotopic (exact) mass is 395 g/mol. The molecule has 2 aromatic rings. The number of rotatable bonds is 4. The van der Waals surface area contributed by atoms with Crippen molar-refractivity contribution in [3.05, 3.63) is 39.9 Å². The summed E-state index contributed by atoms with van der Waals surface area (Å²) in [5.41, 5.74) is 0.965. The summed E-state index contributed by atoms with van der Waals surface area (Å²) in [5.74, 6) is 1.95. The Morgan fingerprint density at radius 1 is 1.54 bits per heavy atom. The van der Waals surface area contributed by atoms with Crippen molar-refractivity contribution in [3.8, 4) is 5.75 Å². The Kier molecular flexibility index (Phi) is 5.31. The van der Waals surface area contributed by atoms with Crippen LogP contribution >= 0.6 is 15.9 Å². The second-order valence-corrected chi connectivity index (χ2v) is 6.13. The second-order valence-electron chi connectivity index (χ2n) is 5.28. The Hall–Kier alpha value is -2.13. The summed E-state index contributed by atoms with van der Waals surface area (Å²) in [5, 5.41) is 9.62. The summed E-state index contributed by atoms with van der Waals surface area (Å²) >= 11 is 3.51. The van der Waals surface area contributed by atoms with Gasteiger partial charge in [-0.3, -0.25) is 5.10 Å². The molecule has 1 aliphatic heterocycles. The Morgan fingerprint density at radius 3 is 3.25 bits per heavy atom. The Balaban J connectivity index is 1.61. The fourth-order valence-electron chi connectivity index (χ4n) is 2.42. The van der Waals surface area contributed by atoms with Crippen LogP contribution in [0.4, 0.5) is 4.79 Å². The third kappa shape index (κ3) is 3.85. The van der Waals surface area contributed by atoms with Crippen molar-refractivity contribution >= 4 is 22.0 Å². The molecule has 24 heavy (non-hydrogen) atoms. The number of ether oxygens (including phenoxy) is 2. The molecule has 9 heteroatoms.